The molecular formula is C7H8O4. The number of carboxylic acids is 1. The third kappa shape index (κ3) is 1.59. The number of ether oxygens (including phenoxy) is 1. The molecule has 0 saturated heterocycles. The largest absolute Gasteiger partial charge is 0.479 e. The SMILES string of the molecule is CO[C@@H](C(=O)O)c1ccoc1. The van der Waals surface area contributed by atoms with Crippen molar-refractivity contribution in [3.8, 4) is 0 Å². The fraction of sp³-hybridized carbons (Fsp3) is 0.286. The summed E-state index contributed by atoms with van der Waals surface area (Å²) in [5.41, 5.74) is 0.514. The second-order valence-corrected chi connectivity index (χ2v) is 2.01. The lowest BCUT2D eigenvalue weighted by atomic mass is 10.2. The van der Waals surface area contributed by atoms with Crippen molar-refractivity contribution >= 4 is 5.97 Å². The molecule has 4 nitrogen and oxygen atoms in total. The molecule has 0 aromatic carbocycles. The average molecular weight is 156 g/mol. The first kappa shape index (κ1) is 7.81. The molecule has 1 aromatic rings. The van der Waals surface area contributed by atoms with Gasteiger partial charge in [0.25, 0.3) is 0 Å². The Bertz CT molecular complexity index is 227. The highest BCUT2D eigenvalue weighted by molar-refractivity contribution is 5.74. The van der Waals surface area contributed by atoms with Crippen molar-refractivity contribution in [3.05, 3.63) is 24.2 Å². The molecule has 4 heteroatoms. The predicted octanol–water partition coefficient (Wildman–Crippen LogP) is 1.05. The number of carbonyl (C=O) groups is 1. The van der Waals surface area contributed by atoms with Gasteiger partial charge in [0.15, 0.2) is 6.10 Å². The Morgan fingerprint density at radius 2 is 2.55 bits per heavy atom. The minimum absolute atomic E-state index is 0.514. The van der Waals surface area contributed by atoms with Gasteiger partial charge in [-0.3, -0.25) is 0 Å². The molecule has 1 rings (SSSR count). The third-order valence-electron chi connectivity index (χ3n) is 1.31. The molecule has 1 heterocycles. The monoisotopic (exact) mass is 156 g/mol. The van der Waals surface area contributed by atoms with E-state index in [2.05, 4.69) is 0 Å². The van der Waals surface area contributed by atoms with Crippen LogP contribution in [0.4, 0.5) is 0 Å². The molecule has 0 saturated carbocycles. The highest BCUT2D eigenvalue weighted by Gasteiger charge is 2.19. The summed E-state index contributed by atoms with van der Waals surface area (Å²) in [4.78, 5) is 10.5. The van der Waals surface area contributed by atoms with E-state index in [0.29, 0.717) is 5.56 Å². The van der Waals surface area contributed by atoms with Crippen molar-refractivity contribution in [1.29, 1.82) is 0 Å². The van der Waals surface area contributed by atoms with Gasteiger partial charge in [0.2, 0.25) is 0 Å². The Kier molecular flexibility index (Phi) is 2.28. The third-order valence-corrected chi connectivity index (χ3v) is 1.31. The first-order valence-corrected chi connectivity index (χ1v) is 3.03. The zero-order valence-corrected chi connectivity index (χ0v) is 5.98. The summed E-state index contributed by atoms with van der Waals surface area (Å²) in [6.45, 7) is 0. The van der Waals surface area contributed by atoms with Gasteiger partial charge >= 0.3 is 5.97 Å². The number of hydrogen-bond acceptors (Lipinski definition) is 3. The molecule has 0 aliphatic heterocycles. The van der Waals surface area contributed by atoms with Gasteiger partial charge in [-0.05, 0) is 6.07 Å². The summed E-state index contributed by atoms with van der Waals surface area (Å²) in [7, 11) is 1.34. The summed E-state index contributed by atoms with van der Waals surface area (Å²) in [5, 5.41) is 8.58. The van der Waals surface area contributed by atoms with Crippen molar-refractivity contribution in [3.63, 3.8) is 0 Å². The standard InChI is InChI=1S/C7H8O4/c1-10-6(7(8)9)5-2-3-11-4-5/h2-4,6H,1H3,(H,8,9)/t6-/m1/s1. The Balaban J connectivity index is 2.79. The van der Waals surface area contributed by atoms with Gasteiger partial charge in [0.1, 0.15) is 0 Å². The highest BCUT2D eigenvalue weighted by Crippen LogP contribution is 2.16. The molecule has 60 valence electrons. The molecule has 0 unspecified atom stereocenters. The van der Waals surface area contributed by atoms with Crippen LogP contribution in [0.1, 0.15) is 11.7 Å². The Labute approximate surface area is 63.4 Å². The zero-order valence-electron chi connectivity index (χ0n) is 5.98. The summed E-state index contributed by atoms with van der Waals surface area (Å²) in [6, 6.07) is 1.56. The van der Waals surface area contributed by atoms with Crippen LogP contribution in [0.15, 0.2) is 23.0 Å². The van der Waals surface area contributed by atoms with E-state index in [0.717, 1.165) is 0 Å². The summed E-state index contributed by atoms with van der Waals surface area (Å²) in [6.07, 6.45) is 1.83. The van der Waals surface area contributed by atoms with Crippen molar-refractivity contribution in [2.45, 2.75) is 6.10 Å². The minimum atomic E-state index is -1.02. The van der Waals surface area contributed by atoms with Crippen molar-refractivity contribution in [1.82, 2.24) is 0 Å². The van der Waals surface area contributed by atoms with Crippen LogP contribution >= 0.6 is 0 Å². The van der Waals surface area contributed by atoms with Gasteiger partial charge in [-0.25, -0.2) is 4.79 Å². The van der Waals surface area contributed by atoms with E-state index in [1.54, 1.807) is 6.07 Å². The lowest BCUT2D eigenvalue weighted by Crippen LogP contribution is -2.12. The molecule has 0 bridgehead atoms. The molecule has 1 atom stereocenters. The Morgan fingerprint density at radius 3 is 2.91 bits per heavy atom. The van der Waals surface area contributed by atoms with Crippen LogP contribution < -0.4 is 0 Å². The maximum atomic E-state index is 10.5. The molecular weight excluding hydrogens is 148 g/mol. The lowest BCUT2D eigenvalue weighted by molar-refractivity contribution is -0.148. The number of methoxy groups -OCH3 is 1. The molecule has 0 fully saturated rings. The van der Waals surface area contributed by atoms with Gasteiger partial charge in [0, 0.05) is 12.7 Å². The van der Waals surface area contributed by atoms with Crippen LogP contribution in [0, 0.1) is 0 Å². The van der Waals surface area contributed by atoms with Gasteiger partial charge in [-0.1, -0.05) is 0 Å². The lowest BCUT2D eigenvalue weighted by Gasteiger charge is -2.05. The summed E-state index contributed by atoms with van der Waals surface area (Å²) >= 11 is 0. The second kappa shape index (κ2) is 3.21. The van der Waals surface area contributed by atoms with E-state index >= 15 is 0 Å². The van der Waals surface area contributed by atoms with E-state index in [1.165, 1.54) is 19.6 Å². The van der Waals surface area contributed by atoms with E-state index in [-0.39, 0.29) is 0 Å². The van der Waals surface area contributed by atoms with Crippen molar-refractivity contribution in [2.75, 3.05) is 7.11 Å². The zero-order chi connectivity index (χ0) is 8.27. The van der Waals surface area contributed by atoms with Crippen molar-refractivity contribution in [2.24, 2.45) is 0 Å². The Morgan fingerprint density at radius 1 is 1.82 bits per heavy atom. The average Bonchev–Trinajstić information content (AvgIpc) is 2.40. The summed E-state index contributed by atoms with van der Waals surface area (Å²) < 4.78 is 9.40. The number of aliphatic carboxylic acids is 1. The fourth-order valence-electron chi connectivity index (χ4n) is 0.804. The van der Waals surface area contributed by atoms with E-state index in [1.807, 2.05) is 0 Å². The van der Waals surface area contributed by atoms with Crippen LogP contribution in [-0.4, -0.2) is 18.2 Å². The molecule has 0 aliphatic carbocycles. The summed E-state index contributed by atoms with van der Waals surface area (Å²) in [5.74, 6) is -1.02. The van der Waals surface area contributed by atoms with Crippen LogP contribution in [0.3, 0.4) is 0 Å². The van der Waals surface area contributed by atoms with E-state index in [4.69, 9.17) is 14.3 Å². The maximum Gasteiger partial charge on any atom is 0.337 e. The number of rotatable bonds is 3. The smallest absolute Gasteiger partial charge is 0.337 e. The predicted molar refractivity (Wildman–Crippen MR) is 36.1 cm³/mol. The second-order valence-electron chi connectivity index (χ2n) is 2.01. The first-order chi connectivity index (χ1) is 5.25. The maximum absolute atomic E-state index is 10.5. The van der Waals surface area contributed by atoms with Gasteiger partial charge in [0.05, 0.1) is 12.5 Å². The van der Waals surface area contributed by atoms with Crippen LogP contribution in [0.2, 0.25) is 0 Å². The Hall–Kier alpha value is -1.29. The van der Waals surface area contributed by atoms with E-state index in [9.17, 15) is 4.79 Å². The molecule has 1 N–H and O–H groups in total. The minimum Gasteiger partial charge on any atom is -0.479 e. The van der Waals surface area contributed by atoms with Crippen molar-refractivity contribution < 1.29 is 19.1 Å². The highest BCUT2D eigenvalue weighted by atomic mass is 16.5. The molecule has 0 radical (unpaired) electrons. The molecule has 0 aliphatic rings. The van der Waals surface area contributed by atoms with Gasteiger partial charge in [-0.2, -0.15) is 0 Å². The molecule has 0 amide bonds. The van der Waals surface area contributed by atoms with Crippen LogP contribution in [0.25, 0.3) is 0 Å². The molecule has 1 aromatic heterocycles. The normalized spacial score (nSPS) is 12.8. The number of hydrogen-bond donors (Lipinski definition) is 1. The van der Waals surface area contributed by atoms with E-state index < -0.39 is 12.1 Å². The topological polar surface area (TPSA) is 59.7 Å². The van der Waals surface area contributed by atoms with Crippen LogP contribution in [-0.2, 0) is 9.53 Å². The fourth-order valence-corrected chi connectivity index (χ4v) is 0.804. The molecule has 11 heavy (non-hydrogen) atoms. The van der Waals surface area contributed by atoms with Crippen LogP contribution in [0.5, 0.6) is 0 Å². The molecule has 0 spiro atoms. The van der Waals surface area contributed by atoms with Gasteiger partial charge < -0.3 is 14.3 Å². The first-order valence-electron chi connectivity index (χ1n) is 3.03. The number of carboxylic acid groups (broad SMARTS) is 1. The number of furan rings is 1. The van der Waals surface area contributed by atoms with Gasteiger partial charge in [-0.15, -0.1) is 0 Å². The quantitative estimate of drug-likeness (QED) is 0.710.